The minimum Gasteiger partial charge on any atom is -0.358 e. The summed E-state index contributed by atoms with van der Waals surface area (Å²) in [5.74, 6) is -0.387. The normalized spacial score (nSPS) is 21.0. The van der Waals surface area contributed by atoms with Gasteiger partial charge in [-0.25, -0.2) is 4.99 Å². The number of hydrogen-bond donors (Lipinski definition) is 0. The summed E-state index contributed by atoms with van der Waals surface area (Å²) in [5.41, 5.74) is 0.430. The first-order valence-electron chi connectivity index (χ1n) is 5.70. The van der Waals surface area contributed by atoms with Gasteiger partial charge in [-0.2, -0.15) is 0 Å². The third-order valence-electron chi connectivity index (χ3n) is 2.75. The molecule has 0 radical (unpaired) electrons. The minimum absolute atomic E-state index is 0.190. The summed E-state index contributed by atoms with van der Waals surface area (Å²) in [5, 5.41) is 11.0. The maximum absolute atomic E-state index is 12.4. The number of carbonyl (C=O) groups is 1. The zero-order valence-electron chi connectivity index (χ0n) is 10.6. The van der Waals surface area contributed by atoms with Gasteiger partial charge in [0.05, 0.1) is 6.42 Å². The zero-order valence-corrected chi connectivity index (χ0v) is 15.4. The van der Waals surface area contributed by atoms with E-state index in [1.165, 1.54) is 0 Å². The van der Waals surface area contributed by atoms with E-state index < -0.39 is 9.37 Å². The van der Waals surface area contributed by atoms with Crippen LogP contribution in [-0.4, -0.2) is 26.8 Å². The molecule has 0 N–H and O–H groups in total. The summed E-state index contributed by atoms with van der Waals surface area (Å²) in [4.78, 5) is 30.7. The highest BCUT2D eigenvalue weighted by atomic mass is 79.9. The van der Waals surface area contributed by atoms with E-state index in [2.05, 4.69) is 57.8 Å². The Balaban J connectivity index is 2.31. The van der Waals surface area contributed by atoms with Crippen LogP contribution in [0.15, 0.2) is 37.1 Å². The number of halogens is 3. The van der Waals surface area contributed by atoms with E-state index in [-0.39, 0.29) is 23.9 Å². The Labute approximate surface area is 145 Å². The van der Waals surface area contributed by atoms with Crippen LogP contribution in [0.2, 0.25) is 0 Å². The maximum atomic E-state index is 12.4. The van der Waals surface area contributed by atoms with Gasteiger partial charge in [-0.15, -0.1) is 0 Å². The summed E-state index contributed by atoms with van der Waals surface area (Å²) in [6, 6.07) is 5.10. The first-order valence-corrected chi connectivity index (χ1v) is 8.08. The number of rotatable bonds is 3. The molecule has 2 rings (SSSR count). The van der Waals surface area contributed by atoms with E-state index in [4.69, 9.17) is 0 Å². The Kier molecular flexibility index (Phi) is 4.74. The molecule has 0 aliphatic carbocycles. The lowest BCUT2D eigenvalue weighted by molar-refractivity contribution is -0.354. The van der Waals surface area contributed by atoms with Gasteiger partial charge in [0.2, 0.25) is 10.3 Å². The van der Waals surface area contributed by atoms with Gasteiger partial charge in [-0.05, 0) is 44.0 Å². The predicted octanol–water partition coefficient (Wildman–Crippen LogP) is 3.98. The van der Waals surface area contributed by atoms with E-state index in [1.807, 2.05) is 0 Å². The predicted molar refractivity (Wildman–Crippen MR) is 90.0 cm³/mol. The molecule has 21 heavy (non-hydrogen) atoms. The molecule has 0 fully saturated rings. The van der Waals surface area contributed by atoms with Gasteiger partial charge in [0.1, 0.15) is 0 Å². The molecule has 1 heterocycles. The molecule has 0 saturated heterocycles. The van der Waals surface area contributed by atoms with Crippen molar-refractivity contribution < 1.29 is 9.72 Å². The van der Waals surface area contributed by atoms with Crippen LogP contribution < -0.4 is 0 Å². The van der Waals surface area contributed by atoms with Crippen LogP contribution in [0.4, 0.5) is 0 Å². The van der Waals surface area contributed by atoms with Gasteiger partial charge in [0.25, 0.3) is 0 Å². The Bertz CT molecular complexity index is 702. The highest BCUT2D eigenvalue weighted by Crippen LogP contribution is 2.34. The van der Waals surface area contributed by atoms with Gasteiger partial charge in [-0.3, -0.25) is 4.79 Å². The molecule has 6 nitrogen and oxygen atoms in total. The van der Waals surface area contributed by atoms with Crippen molar-refractivity contribution in [2.75, 3.05) is 0 Å². The summed E-state index contributed by atoms with van der Waals surface area (Å²) in [6.45, 7) is 1.55. The number of nitrogens with zero attached hydrogens (tertiary/aromatic N) is 3. The second kappa shape index (κ2) is 6.05. The van der Waals surface area contributed by atoms with Crippen molar-refractivity contribution in [1.82, 2.24) is 0 Å². The molecule has 0 aromatic heterocycles. The van der Waals surface area contributed by atoms with Crippen molar-refractivity contribution in [1.29, 1.82) is 0 Å². The highest BCUT2D eigenvalue weighted by molar-refractivity contribution is 9.11. The van der Waals surface area contributed by atoms with E-state index in [0.717, 1.165) is 4.47 Å². The molecule has 9 heteroatoms. The summed E-state index contributed by atoms with van der Waals surface area (Å²) in [7, 11) is 0. The molecule has 1 unspecified atom stereocenters. The lowest BCUT2D eigenvalue weighted by atomic mass is 10.0. The van der Waals surface area contributed by atoms with Crippen LogP contribution >= 0.6 is 47.8 Å². The van der Waals surface area contributed by atoms with Crippen LogP contribution in [0.1, 0.15) is 23.7 Å². The lowest BCUT2D eigenvalue weighted by Crippen LogP contribution is -2.35. The first kappa shape index (κ1) is 16.4. The average Bonchev–Trinajstić information content (AvgIpc) is 2.64. The number of amidine groups is 2. The van der Waals surface area contributed by atoms with Crippen LogP contribution in [0.3, 0.4) is 0 Å². The number of hydrogen-bond acceptors (Lipinski definition) is 5. The number of alkyl halides is 1. The van der Waals surface area contributed by atoms with Crippen LogP contribution in [0.5, 0.6) is 0 Å². The number of Topliss-reactive ketones (excluding diaryl/α,β-unsaturated/α-hetero) is 1. The molecule has 0 saturated carbocycles. The van der Waals surface area contributed by atoms with Crippen molar-refractivity contribution in [3.8, 4) is 0 Å². The second-order valence-corrected chi connectivity index (χ2v) is 7.42. The Morgan fingerprint density at radius 3 is 2.67 bits per heavy atom. The van der Waals surface area contributed by atoms with Crippen LogP contribution in [0.25, 0.3) is 0 Å². The smallest absolute Gasteiger partial charge is 0.358 e. The quantitative estimate of drug-likeness (QED) is 0.215. The molecule has 110 valence electrons. The molecule has 0 amide bonds. The van der Waals surface area contributed by atoms with Crippen LogP contribution in [0, 0.1) is 10.1 Å². The summed E-state index contributed by atoms with van der Waals surface area (Å²) < 4.78 is 0.0162. The molecular weight excluding hydrogens is 474 g/mol. The number of benzene rings is 1. The maximum Gasteiger partial charge on any atom is 0.380 e. The van der Waals surface area contributed by atoms with Gasteiger partial charge in [-0.1, -0.05) is 31.9 Å². The standard InChI is InChI=1S/C12H8Br3N3O3/c1-6-16-11(18(20)21)12(15,17-6)5-10(19)8-3-2-7(13)4-9(8)14/h2-4H,5H2,1H3. The monoisotopic (exact) mass is 479 g/mol. The molecule has 1 aliphatic rings. The topological polar surface area (TPSA) is 84.9 Å². The van der Waals surface area contributed by atoms with Crippen molar-refractivity contribution in [2.45, 2.75) is 17.8 Å². The molecule has 0 bridgehead atoms. The Hall–Kier alpha value is -0.930. The van der Waals surface area contributed by atoms with Gasteiger partial charge in [0, 0.05) is 21.4 Å². The third kappa shape index (κ3) is 3.46. The second-order valence-electron chi connectivity index (χ2n) is 4.33. The zero-order chi connectivity index (χ0) is 15.8. The fourth-order valence-electron chi connectivity index (χ4n) is 1.89. The number of ketones is 1. The fraction of sp³-hybridized carbons (Fsp3) is 0.250. The van der Waals surface area contributed by atoms with Crippen molar-refractivity contribution in [3.63, 3.8) is 0 Å². The largest absolute Gasteiger partial charge is 0.380 e. The van der Waals surface area contributed by atoms with Gasteiger partial charge >= 0.3 is 5.84 Å². The lowest BCUT2D eigenvalue weighted by Gasteiger charge is -2.15. The van der Waals surface area contributed by atoms with Crippen molar-refractivity contribution >= 4 is 65.2 Å². The fourth-order valence-corrected chi connectivity index (χ4v) is 3.91. The molecule has 1 aromatic rings. The number of nitro groups is 1. The third-order valence-corrected chi connectivity index (χ3v) is 4.71. The molecule has 0 spiro atoms. The van der Waals surface area contributed by atoms with Crippen molar-refractivity contribution in [3.05, 3.63) is 42.8 Å². The van der Waals surface area contributed by atoms with E-state index in [9.17, 15) is 14.9 Å². The SMILES string of the molecule is CC1=NC(Br)(CC(=O)c2ccc(Br)cc2Br)C([N+](=O)[O-])=N1. The van der Waals surface area contributed by atoms with E-state index >= 15 is 0 Å². The number of aliphatic imine (C=N–C) groups is 2. The Morgan fingerprint density at radius 1 is 1.43 bits per heavy atom. The van der Waals surface area contributed by atoms with E-state index in [1.54, 1.807) is 25.1 Å². The van der Waals surface area contributed by atoms with Gasteiger partial charge < -0.3 is 10.1 Å². The average molecular weight is 482 g/mol. The highest BCUT2D eigenvalue weighted by Gasteiger charge is 2.48. The molecule has 1 atom stereocenters. The summed E-state index contributed by atoms with van der Waals surface area (Å²) >= 11 is 9.79. The van der Waals surface area contributed by atoms with E-state index in [0.29, 0.717) is 10.0 Å². The number of carbonyl (C=O) groups excluding carboxylic acids is 1. The summed E-state index contributed by atoms with van der Waals surface area (Å²) in [6.07, 6.45) is -0.190. The minimum atomic E-state index is -1.41. The van der Waals surface area contributed by atoms with Crippen molar-refractivity contribution in [2.24, 2.45) is 9.98 Å². The molecule has 1 aromatic carbocycles. The molecular formula is C12H8Br3N3O3. The van der Waals surface area contributed by atoms with Gasteiger partial charge in [0.15, 0.2) is 5.78 Å². The van der Waals surface area contributed by atoms with Crippen LogP contribution in [-0.2, 0) is 0 Å². The Morgan fingerprint density at radius 2 is 2.10 bits per heavy atom. The molecule has 1 aliphatic heterocycles. The first-order chi connectivity index (χ1) is 9.73.